The van der Waals surface area contributed by atoms with Crippen LogP contribution in [0.4, 0.5) is 0 Å². The van der Waals surface area contributed by atoms with Crippen molar-refractivity contribution in [1.82, 2.24) is 0 Å². The molecule has 0 saturated carbocycles. The van der Waals surface area contributed by atoms with Crippen molar-refractivity contribution in [3.05, 3.63) is 24.6 Å². The maximum atomic E-state index is 0. The van der Waals surface area contributed by atoms with E-state index in [-0.39, 0.29) is 86.1 Å². The summed E-state index contributed by atoms with van der Waals surface area (Å²) in [5.41, 5.74) is 0. The number of nitrogens with zero attached hydrogens (tertiary/aromatic N) is 4. The first-order valence-corrected chi connectivity index (χ1v) is 0. The molecule has 0 aromatic carbocycles. The summed E-state index contributed by atoms with van der Waals surface area (Å²) in [6, 6.07) is 0. The van der Waals surface area contributed by atoms with E-state index in [9.17, 15) is 0 Å². The Bertz CT molecular complexity index is 11.7. The molecule has 32 valence electrons. The molecule has 0 fully saturated rings. The largest absolute Gasteiger partial charge is 5.00 e. The molecule has 0 amide bonds. The van der Waals surface area contributed by atoms with Crippen molar-refractivity contribution in [3.8, 4) is 0 Å². The molecule has 0 aliphatic carbocycles. The topological polar surface area (TPSA) is 122 Å². The zero-order valence-electron chi connectivity index (χ0n) is 3.31. The van der Waals surface area contributed by atoms with Crippen LogP contribution in [-0.4, -0.2) is 17.4 Å². The average molecular weight is 312 g/mol. The van der Waals surface area contributed by atoms with E-state index < -0.39 is 0 Å². The molecule has 0 atom stereocenters. The quantitative estimate of drug-likeness (QED) is 0.587. The summed E-state index contributed by atoms with van der Waals surface area (Å²) in [4.78, 5) is 0. The second kappa shape index (κ2) is 109. The van der Waals surface area contributed by atoms with Crippen LogP contribution in [0.15, 0.2) is 0 Å². The molecule has 0 aliphatic heterocycles. The fourth-order valence-corrected chi connectivity index (χ4v) is 0. The van der Waals surface area contributed by atoms with Gasteiger partial charge >= 0.3 is 61.5 Å². The number of rotatable bonds is 0. The third-order valence-electron chi connectivity index (χ3n) is 0. The minimum atomic E-state index is 0. The van der Waals surface area contributed by atoms with Crippen molar-refractivity contribution < 1.29 is 44.1 Å². The fraction of sp³-hybridized carbons (Fsp3) is 0. The summed E-state index contributed by atoms with van der Waals surface area (Å²) in [6.07, 6.45) is 0. The second-order valence-corrected chi connectivity index (χ2v) is 0. The predicted octanol–water partition coefficient (Wildman–Crippen LogP) is 0.769. The number of hydrogen-bond donors (Lipinski definition) is 0. The van der Waals surface area contributed by atoms with Gasteiger partial charge in [-0.3, -0.25) is 0 Å². The summed E-state index contributed by atoms with van der Waals surface area (Å²) < 4.78 is 0. The standard InChI is InChI=1S/Al.4N.Ta.Ti/q+3;4*-3;+5;+4. The minimum Gasteiger partial charge on any atom is -3.00 e. The van der Waals surface area contributed by atoms with E-state index in [0.717, 1.165) is 0 Å². The Morgan fingerprint density at radius 2 is 0.571 bits per heavy atom. The van der Waals surface area contributed by atoms with Gasteiger partial charge in [0.05, 0.1) is 0 Å². The minimum absolute atomic E-state index is 0. The Hall–Kier alpha value is 1.83. The number of hydrogen-bond acceptors (Lipinski definition) is 0. The molecule has 0 aromatic heterocycles. The second-order valence-electron chi connectivity index (χ2n) is 0. The third-order valence-corrected chi connectivity index (χ3v) is 0. The van der Waals surface area contributed by atoms with Crippen LogP contribution in [0, 0.1) is 0 Å². The smallest absolute Gasteiger partial charge is 3.00 e. The normalized spacial score (nSPS) is 0. The van der Waals surface area contributed by atoms with Gasteiger partial charge in [0, 0.05) is 0 Å². The van der Waals surface area contributed by atoms with Gasteiger partial charge in [0.2, 0.25) is 0 Å². The molecule has 0 heterocycles. The molecule has 0 saturated heterocycles. The van der Waals surface area contributed by atoms with E-state index in [1.54, 1.807) is 0 Å². The first-order valence-electron chi connectivity index (χ1n) is 0. The molecule has 0 aromatic rings. The zero-order valence-corrected chi connectivity index (χ0v) is 9.24. The summed E-state index contributed by atoms with van der Waals surface area (Å²) in [5, 5.41) is 0. The van der Waals surface area contributed by atoms with Crippen molar-refractivity contribution in [1.29, 1.82) is 0 Å². The van der Waals surface area contributed by atoms with Crippen LogP contribution in [0.3, 0.4) is 0 Å². The Balaban J connectivity index is 0. The van der Waals surface area contributed by atoms with Gasteiger partial charge in [0.25, 0.3) is 0 Å². The van der Waals surface area contributed by atoms with Crippen LogP contribution in [0.25, 0.3) is 24.6 Å². The third kappa shape index (κ3) is 79.6. The van der Waals surface area contributed by atoms with Crippen LogP contribution >= 0.6 is 0 Å². The van der Waals surface area contributed by atoms with Gasteiger partial charge in [-0.25, -0.2) is 0 Å². The maximum Gasteiger partial charge on any atom is 5.00 e. The summed E-state index contributed by atoms with van der Waals surface area (Å²) in [7, 11) is 0. The molecule has 0 bridgehead atoms. The van der Waals surface area contributed by atoms with E-state index in [4.69, 9.17) is 0 Å². The molecular weight excluding hydrogens is 312 g/mol. The van der Waals surface area contributed by atoms with Gasteiger partial charge in [-0.1, -0.05) is 0 Å². The van der Waals surface area contributed by atoms with Gasteiger partial charge in [-0.05, 0) is 0 Å². The van der Waals surface area contributed by atoms with Gasteiger partial charge < -0.3 is 24.6 Å². The molecule has 0 spiro atoms. The van der Waals surface area contributed by atoms with Gasteiger partial charge in [-0.15, -0.1) is 0 Å². The predicted molar refractivity (Wildman–Crippen MR) is 19.2 cm³/mol. The van der Waals surface area contributed by atoms with E-state index in [1.165, 1.54) is 0 Å². The van der Waals surface area contributed by atoms with Gasteiger partial charge in [0.1, 0.15) is 0 Å². The van der Waals surface area contributed by atoms with Gasteiger partial charge in [-0.2, -0.15) is 0 Å². The Kier molecular flexibility index (Phi) is 2530. The first kappa shape index (κ1) is 162. The van der Waals surface area contributed by atoms with Crippen LogP contribution in [0.1, 0.15) is 0 Å². The average Bonchev–Trinajstić information content (AvgIpc) is 0. The van der Waals surface area contributed by atoms with Crippen molar-refractivity contribution in [2.45, 2.75) is 0 Å². The Labute approximate surface area is 85.4 Å². The molecule has 0 aliphatic rings. The fourth-order valence-electron chi connectivity index (χ4n) is 0. The van der Waals surface area contributed by atoms with E-state index in [1.807, 2.05) is 0 Å². The van der Waals surface area contributed by atoms with Crippen molar-refractivity contribution in [2.75, 3.05) is 0 Å². The Morgan fingerprint density at radius 3 is 0.571 bits per heavy atom. The SMILES string of the molecule is [Al+3].[N-3].[N-3].[N-3].[N-3].[Ta+5].[Ti+4]. The van der Waals surface area contributed by atoms with Gasteiger partial charge in [0.15, 0.2) is 0 Å². The molecule has 0 radical (unpaired) electrons. The zero-order chi connectivity index (χ0) is 0. The summed E-state index contributed by atoms with van der Waals surface area (Å²) in [5.74, 6) is 0. The molecule has 0 rings (SSSR count). The molecule has 7 heteroatoms. The molecule has 0 N–H and O–H groups in total. The van der Waals surface area contributed by atoms with Crippen molar-refractivity contribution in [2.24, 2.45) is 0 Å². The van der Waals surface area contributed by atoms with E-state index in [0.29, 0.717) is 0 Å². The van der Waals surface area contributed by atoms with Crippen LogP contribution in [-0.2, 0) is 44.1 Å². The maximum absolute atomic E-state index is 0. The molecule has 7 heavy (non-hydrogen) atoms. The molecular formula is AlN4TaTi. The van der Waals surface area contributed by atoms with Crippen LogP contribution in [0.5, 0.6) is 0 Å². The van der Waals surface area contributed by atoms with Crippen molar-refractivity contribution in [3.63, 3.8) is 0 Å². The molecule has 4 nitrogen and oxygen atoms in total. The van der Waals surface area contributed by atoms with Crippen LogP contribution in [0.2, 0.25) is 0 Å². The summed E-state index contributed by atoms with van der Waals surface area (Å²) >= 11 is 0. The van der Waals surface area contributed by atoms with Crippen molar-refractivity contribution >= 4 is 17.4 Å². The monoisotopic (exact) mass is 312 g/mol. The molecule has 0 unspecified atom stereocenters. The first-order chi connectivity index (χ1) is 0. The van der Waals surface area contributed by atoms with E-state index >= 15 is 0 Å². The van der Waals surface area contributed by atoms with E-state index in [2.05, 4.69) is 0 Å². The van der Waals surface area contributed by atoms with Crippen LogP contribution < -0.4 is 0 Å². The Morgan fingerprint density at radius 1 is 0.571 bits per heavy atom. The summed E-state index contributed by atoms with van der Waals surface area (Å²) in [6.45, 7) is 0.